The van der Waals surface area contributed by atoms with E-state index in [0.29, 0.717) is 25.6 Å². The largest absolute Gasteiger partial charge is 0.329 e. The van der Waals surface area contributed by atoms with Crippen molar-refractivity contribution < 1.29 is 8.42 Å². The van der Waals surface area contributed by atoms with Crippen LogP contribution in [0.15, 0.2) is 0 Å². The fourth-order valence-electron chi connectivity index (χ4n) is 1.60. The average Bonchev–Trinajstić information content (AvgIpc) is 2.17. The van der Waals surface area contributed by atoms with E-state index in [1.54, 1.807) is 6.92 Å². The Morgan fingerprint density at radius 1 is 1.47 bits per heavy atom. The molecule has 1 aliphatic rings. The van der Waals surface area contributed by atoms with Crippen molar-refractivity contribution in [3.63, 3.8) is 0 Å². The summed E-state index contributed by atoms with van der Waals surface area (Å²) in [7, 11) is -3.31. The summed E-state index contributed by atoms with van der Waals surface area (Å²) < 4.78 is 27.7. The number of piperidine rings is 1. The minimum Gasteiger partial charge on any atom is -0.329 e. The smallest absolute Gasteiger partial charge is 0.279 e. The molecule has 0 spiro atoms. The quantitative estimate of drug-likeness (QED) is 0.714. The second-order valence-corrected chi connectivity index (χ2v) is 6.04. The third-order valence-corrected chi connectivity index (χ3v) is 4.53. The Hall–Kier alpha value is -0.170. The fourth-order valence-corrected chi connectivity index (χ4v) is 3.05. The molecular formula is C9H21N3O2S. The Morgan fingerprint density at radius 2 is 2.00 bits per heavy atom. The monoisotopic (exact) mass is 235 g/mol. The predicted molar refractivity (Wildman–Crippen MR) is 60.5 cm³/mol. The third kappa shape index (κ3) is 3.71. The molecule has 5 nitrogen and oxygen atoms in total. The number of nitrogens with two attached hydrogens (primary N) is 1. The van der Waals surface area contributed by atoms with E-state index in [1.165, 1.54) is 4.31 Å². The summed E-state index contributed by atoms with van der Waals surface area (Å²) in [6, 6.07) is -0.200. The molecule has 0 aliphatic carbocycles. The Bertz CT molecular complexity index is 284. The van der Waals surface area contributed by atoms with Gasteiger partial charge in [-0.05, 0) is 25.7 Å². The van der Waals surface area contributed by atoms with Gasteiger partial charge in [0, 0.05) is 25.7 Å². The van der Waals surface area contributed by atoms with E-state index in [2.05, 4.69) is 11.6 Å². The van der Waals surface area contributed by atoms with Gasteiger partial charge in [-0.2, -0.15) is 17.4 Å². The molecule has 1 heterocycles. The van der Waals surface area contributed by atoms with Gasteiger partial charge >= 0.3 is 0 Å². The van der Waals surface area contributed by atoms with E-state index in [-0.39, 0.29) is 6.04 Å². The Balaban J connectivity index is 2.54. The number of rotatable bonds is 4. The van der Waals surface area contributed by atoms with Crippen molar-refractivity contribution >= 4 is 10.2 Å². The molecule has 0 aromatic carbocycles. The molecule has 1 atom stereocenters. The van der Waals surface area contributed by atoms with E-state index in [4.69, 9.17) is 5.73 Å². The molecule has 15 heavy (non-hydrogen) atoms. The molecular weight excluding hydrogens is 214 g/mol. The molecule has 0 bridgehead atoms. The van der Waals surface area contributed by atoms with Crippen molar-refractivity contribution in [3.8, 4) is 0 Å². The van der Waals surface area contributed by atoms with Crippen LogP contribution in [0.1, 0.15) is 26.7 Å². The second kappa shape index (κ2) is 5.25. The number of nitrogens with zero attached hydrogens (tertiary/aromatic N) is 1. The topological polar surface area (TPSA) is 75.4 Å². The molecule has 3 N–H and O–H groups in total. The minimum absolute atomic E-state index is 0.200. The molecule has 1 rings (SSSR count). The van der Waals surface area contributed by atoms with Gasteiger partial charge in [-0.1, -0.05) is 6.92 Å². The van der Waals surface area contributed by atoms with Crippen LogP contribution >= 0.6 is 0 Å². The Labute approximate surface area is 92.2 Å². The van der Waals surface area contributed by atoms with Gasteiger partial charge in [0.15, 0.2) is 0 Å². The SMILES string of the molecule is CC1CCN(S(=O)(=O)NC(C)CN)CC1. The molecule has 1 unspecified atom stereocenters. The van der Waals surface area contributed by atoms with Crippen molar-refractivity contribution in [2.24, 2.45) is 11.7 Å². The van der Waals surface area contributed by atoms with Gasteiger partial charge in [0.25, 0.3) is 10.2 Å². The average molecular weight is 235 g/mol. The standard InChI is InChI=1S/C9H21N3O2S/c1-8-3-5-12(6-4-8)15(13,14)11-9(2)7-10/h8-9,11H,3-7,10H2,1-2H3. The van der Waals surface area contributed by atoms with Crippen LogP contribution in [-0.4, -0.2) is 38.4 Å². The van der Waals surface area contributed by atoms with Crippen LogP contribution in [0.4, 0.5) is 0 Å². The molecule has 0 aromatic rings. The Morgan fingerprint density at radius 3 is 2.47 bits per heavy atom. The highest BCUT2D eigenvalue weighted by atomic mass is 32.2. The normalized spacial score (nSPS) is 22.9. The van der Waals surface area contributed by atoms with E-state index in [1.807, 2.05) is 0 Å². The molecule has 1 saturated heterocycles. The van der Waals surface area contributed by atoms with Crippen molar-refractivity contribution in [2.45, 2.75) is 32.7 Å². The summed E-state index contributed by atoms with van der Waals surface area (Å²) in [6.07, 6.45) is 1.88. The molecule has 1 fully saturated rings. The summed E-state index contributed by atoms with van der Waals surface area (Å²) in [4.78, 5) is 0. The van der Waals surface area contributed by atoms with Crippen LogP contribution in [0.5, 0.6) is 0 Å². The lowest BCUT2D eigenvalue weighted by Crippen LogP contribution is -2.49. The van der Waals surface area contributed by atoms with Gasteiger partial charge in [-0.15, -0.1) is 0 Å². The van der Waals surface area contributed by atoms with Crippen molar-refractivity contribution in [3.05, 3.63) is 0 Å². The minimum atomic E-state index is -3.31. The van der Waals surface area contributed by atoms with Gasteiger partial charge < -0.3 is 5.73 Å². The zero-order valence-electron chi connectivity index (χ0n) is 9.44. The van der Waals surface area contributed by atoms with Crippen molar-refractivity contribution in [2.75, 3.05) is 19.6 Å². The number of hydrogen-bond acceptors (Lipinski definition) is 3. The van der Waals surface area contributed by atoms with E-state index in [9.17, 15) is 8.42 Å². The van der Waals surface area contributed by atoms with Crippen LogP contribution in [-0.2, 0) is 10.2 Å². The first-order chi connectivity index (χ1) is 6.95. The Kier molecular flexibility index (Phi) is 4.51. The molecule has 0 radical (unpaired) electrons. The highest BCUT2D eigenvalue weighted by Gasteiger charge is 2.26. The number of hydrogen-bond donors (Lipinski definition) is 2. The highest BCUT2D eigenvalue weighted by molar-refractivity contribution is 7.87. The number of nitrogens with one attached hydrogen (secondary N) is 1. The van der Waals surface area contributed by atoms with Gasteiger partial charge in [0.05, 0.1) is 0 Å². The van der Waals surface area contributed by atoms with Gasteiger partial charge in [-0.25, -0.2) is 0 Å². The zero-order chi connectivity index (χ0) is 11.5. The third-order valence-electron chi connectivity index (χ3n) is 2.79. The summed E-state index contributed by atoms with van der Waals surface area (Å²) in [5, 5.41) is 0. The molecule has 0 amide bonds. The van der Waals surface area contributed by atoms with Crippen LogP contribution in [0.2, 0.25) is 0 Å². The lowest BCUT2D eigenvalue weighted by Gasteiger charge is -2.30. The maximum atomic E-state index is 11.8. The highest BCUT2D eigenvalue weighted by Crippen LogP contribution is 2.17. The maximum Gasteiger partial charge on any atom is 0.279 e. The second-order valence-electron chi connectivity index (χ2n) is 4.34. The van der Waals surface area contributed by atoms with Crippen LogP contribution in [0, 0.1) is 5.92 Å². The van der Waals surface area contributed by atoms with Crippen molar-refractivity contribution in [1.29, 1.82) is 0 Å². The zero-order valence-corrected chi connectivity index (χ0v) is 10.3. The molecule has 90 valence electrons. The van der Waals surface area contributed by atoms with Crippen molar-refractivity contribution in [1.82, 2.24) is 9.03 Å². The van der Waals surface area contributed by atoms with E-state index < -0.39 is 10.2 Å². The summed E-state index contributed by atoms with van der Waals surface area (Å²) in [5.41, 5.74) is 5.39. The maximum absolute atomic E-state index is 11.8. The molecule has 6 heteroatoms. The summed E-state index contributed by atoms with van der Waals surface area (Å²) in [5.74, 6) is 0.628. The van der Waals surface area contributed by atoms with Crippen LogP contribution in [0.3, 0.4) is 0 Å². The predicted octanol–water partition coefficient (Wildman–Crippen LogP) is -0.100. The lowest BCUT2D eigenvalue weighted by molar-refractivity contribution is 0.284. The van der Waals surface area contributed by atoms with Gasteiger partial charge in [-0.3, -0.25) is 0 Å². The first kappa shape index (κ1) is 12.9. The molecule has 0 aromatic heterocycles. The van der Waals surface area contributed by atoms with Gasteiger partial charge in [0.2, 0.25) is 0 Å². The van der Waals surface area contributed by atoms with E-state index >= 15 is 0 Å². The molecule has 1 aliphatic heterocycles. The summed E-state index contributed by atoms with van der Waals surface area (Å²) in [6.45, 7) is 5.48. The van der Waals surface area contributed by atoms with Crippen LogP contribution < -0.4 is 10.5 Å². The van der Waals surface area contributed by atoms with Crippen LogP contribution in [0.25, 0.3) is 0 Å². The van der Waals surface area contributed by atoms with Gasteiger partial charge in [0.1, 0.15) is 0 Å². The fraction of sp³-hybridized carbons (Fsp3) is 1.00. The lowest BCUT2D eigenvalue weighted by atomic mass is 10.0. The first-order valence-electron chi connectivity index (χ1n) is 5.43. The first-order valence-corrected chi connectivity index (χ1v) is 6.87. The molecule has 0 saturated carbocycles. The summed E-state index contributed by atoms with van der Waals surface area (Å²) >= 11 is 0. The van der Waals surface area contributed by atoms with E-state index in [0.717, 1.165) is 12.8 Å².